The topological polar surface area (TPSA) is 3.24 Å². The molecule has 1 rings (SSSR count). The van der Waals surface area contributed by atoms with Crippen LogP contribution in [0.3, 0.4) is 0 Å². The van der Waals surface area contributed by atoms with Crippen LogP contribution in [0.15, 0.2) is 0 Å². The van der Waals surface area contributed by atoms with Crippen LogP contribution >= 0.6 is 0 Å². The summed E-state index contributed by atoms with van der Waals surface area (Å²) in [6.45, 7) is 8.68. The molecule has 0 saturated carbocycles. The molecule has 1 saturated heterocycles. The van der Waals surface area contributed by atoms with Crippen LogP contribution in [0.1, 0.15) is 52.4 Å². The summed E-state index contributed by atoms with van der Waals surface area (Å²) >= 11 is 0. The Kier molecular flexibility index (Phi) is 5.45. The maximum absolute atomic E-state index is 2.66. The molecule has 1 unspecified atom stereocenters. The summed E-state index contributed by atoms with van der Waals surface area (Å²) in [7, 11) is 0. The van der Waals surface area contributed by atoms with Crippen molar-refractivity contribution in [1.82, 2.24) is 4.90 Å². The van der Waals surface area contributed by atoms with Crippen molar-refractivity contribution in [1.29, 1.82) is 0 Å². The monoisotopic (exact) mass is 183 g/mol. The molecule has 1 aliphatic heterocycles. The Hall–Kier alpha value is -0.0400. The lowest BCUT2D eigenvalue weighted by atomic mass is 10.0. The van der Waals surface area contributed by atoms with Crippen molar-refractivity contribution in [3.8, 4) is 0 Å². The highest BCUT2D eigenvalue weighted by Gasteiger charge is 2.20. The minimum Gasteiger partial charge on any atom is -0.303 e. The maximum atomic E-state index is 2.66. The van der Waals surface area contributed by atoms with E-state index in [4.69, 9.17) is 0 Å². The Morgan fingerprint density at radius 2 is 1.92 bits per heavy atom. The lowest BCUT2D eigenvalue weighted by molar-refractivity contribution is 0.314. The highest BCUT2D eigenvalue weighted by molar-refractivity contribution is 4.75. The summed E-state index contributed by atoms with van der Waals surface area (Å²) in [5.41, 5.74) is 0. The first-order valence-corrected chi connectivity index (χ1v) is 6.09. The first kappa shape index (κ1) is 11.0. The van der Waals surface area contributed by atoms with E-state index >= 15 is 0 Å². The molecule has 0 amide bonds. The smallest absolute Gasteiger partial charge is 0.00101 e. The summed E-state index contributed by atoms with van der Waals surface area (Å²) < 4.78 is 0. The van der Waals surface area contributed by atoms with Crippen LogP contribution in [0.4, 0.5) is 0 Å². The number of likely N-dealkylation sites (tertiary alicyclic amines) is 1. The summed E-state index contributed by atoms with van der Waals surface area (Å²) in [6.07, 6.45) is 8.47. The van der Waals surface area contributed by atoms with Gasteiger partial charge in [0.1, 0.15) is 0 Å². The van der Waals surface area contributed by atoms with Crippen molar-refractivity contribution in [3.63, 3.8) is 0 Å². The minimum absolute atomic E-state index is 1.02. The molecule has 0 radical (unpaired) electrons. The Bertz CT molecular complexity index is 108. The van der Waals surface area contributed by atoms with E-state index in [1.165, 1.54) is 58.2 Å². The largest absolute Gasteiger partial charge is 0.303 e. The van der Waals surface area contributed by atoms with E-state index in [0.29, 0.717) is 0 Å². The van der Waals surface area contributed by atoms with Gasteiger partial charge >= 0.3 is 0 Å². The van der Waals surface area contributed by atoms with Crippen molar-refractivity contribution < 1.29 is 0 Å². The van der Waals surface area contributed by atoms with Gasteiger partial charge in [-0.1, -0.05) is 33.1 Å². The Balaban J connectivity index is 2.05. The molecule has 0 aromatic rings. The van der Waals surface area contributed by atoms with Crippen molar-refractivity contribution >= 4 is 0 Å². The van der Waals surface area contributed by atoms with Crippen molar-refractivity contribution in [2.24, 2.45) is 5.92 Å². The van der Waals surface area contributed by atoms with E-state index in [-0.39, 0.29) is 0 Å². The first-order chi connectivity index (χ1) is 6.36. The average Bonchev–Trinajstić information content (AvgIpc) is 2.59. The predicted octanol–water partition coefficient (Wildman–Crippen LogP) is 3.30. The molecule has 1 heterocycles. The van der Waals surface area contributed by atoms with E-state index < -0.39 is 0 Å². The molecular formula is C12H25N. The molecule has 1 heteroatoms. The molecule has 0 N–H and O–H groups in total. The summed E-state index contributed by atoms with van der Waals surface area (Å²) in [4.78, 5) is 2.66. The van der Waals surface area contributed by atoms with Crippen LogP contribution in [-0.4, -0.2) is 24.5 Å². The number of rotatable bonds is 6. The van der Waals surface area contributed by atoms with Gasteiger partial charge in [0.15, 0.2) is 0 Å². The van der Waals surface area contributed by atoms with E-state index in [1.54, 1.807) is 0 Å². The Morgan fingerprint density at radius 3 is 2.62 bits per heavy atom. The van der Waals surface area contributed by atoms with Gasteiger partial charge in [-0.15, -0.1) is 0 Å². The second kappa shape index (κ2) is 6.42. The second-order valence-corrected chi connectivity index (χ2v) is 4.45. The summed E-state index contributed by atoms with van der Waals surface area (Å²) in [5, 5.41) is 0. The molecule has 0 aromatic carbocycles. The molecule has 1 atom stereocenters. The van der Waals surface area contributed by atoms with Crippen molar-refractivity contribution in [3.05, 3.63) is 0 Å². The summed E-state index contributed by atoms with van der Waals surface area (Å²) in [6, 6.07) is 0. The zero-order valence-corrected chi connectivity index (χ0v) is 9.39. The van der Waals surface area contributed by atoms with Gasteiger partial charge in [-0.2, -0.15) is 0 Å². The van der Waals surface area contributed by atoms with Crippen LogP contribution in [0.5, 0.6) is 0 Å². The van der Waals surface area contributed by atoms with Crippen LogP contribution in [-0.2, 0) is 0 Å². The molecule has 0 bridgehead atoms. The third kappa shape index (κ3) is 4.12. The van der Waals surface area contributed by atoms with E-state index in [1.807, 2.05) is 0 Å². The zero-order valence-electron chi connectivity index (χ0n) is 9.39. The molecular weight excluding hydrogens is 158 g/mol. The summed E-state index contributed by atoms with van der Waals surface area (Å²) in [5.74, 6) is 1.02. The van der Waals surface area contributed by atoms with Gasteiger partial charge in [-0.05, 0) is 38.3 Å². The van der Waals surface area contributed by atoms with Gasteiger partial charge < -0.3 is 4.90 Å². The molecule has 78 valence electrons. The second-order valence-electron chi connectivity index (χ2n) is 4.45. The maximum Gasteiger partial charge on any atom is 0.00101 e. The number of nitrogens with zero attached hydrogens (tertiary/aromatic N) is 1. The van der Waals surface area contributed by atoms with E-state index in [2.05, 4.69) is 18.7 Å². The predicted molar refractivity (Wildman–Crippen MR) is 59.0 cm³/mol. The highest BCUT2D eigenvalue weighted by Crippen LogP contribution is 2.21. The van der Waals surface area contributed by atoms with E-state index in [0.717, 1.165) is 5.92 Å². The lowest BCUT2D eigenvalue weighted by Crippen LogP contribution is -2.21. The zero-order chi connectivity index (χ0) is 9.52. The third-order valence-electron chi connectivity index (χ3n) is 3.16. The average molecular weight is 183 g/mol. The van der Waals surface area contributed by atoms with Gasteiger partial charge in [-0.25, -0.2) is 0 Å². The fraction of sp³-hybridized carbons (Fsp3) is 1.00. The van der Waals surface area contributed by atoms with Crippen molar-refractivity contribution in [2.75, 3.05) is 19.6 Å². The number of hydrogen-bond donors (Lipinski definition) is 0. The van der Waals surface area contributed by atoms with Crippen LogP contribution < -0.4 is 0 Å². The van der Waals surface area contributed by atoms with Crippen molar-refractivity contribution in [2.45, 2.75) is 52.4 Å². The molecule has 0 aliphatic carbocycles. The standard InChI is InChI=1S/C12H25N/c1-3-5-7-12-8-10-13(11-12)9-6-4-2/h12H,3-11H2,1-2H3. The van der Waals surface area contributed by atoms with Gasteiger partial charge in [0.05, 0.1) is 0 Å². The van der Waals surface area contributed by atoms with Gasteiger partial charge in [0.25, 0.3) is 0 Å². The quantitative estimate of drug-likeness (QED) is 0.610. The fourth-order valence-electron chi connectivity index (χ4n) is 2.23. The molecule has 1 aliphatic rings. The number of hydrogen-bond acceptors (Lipinski definition) is 1. The fourth-order valence-corrected chi connectivity index (χ4v) is 2.23. The first-order valence-electron chi connectivity index (χ1n) is 6.09. The number of unbranched alkanes of at least 4 members (excludes halogenated alkanes) is 2. The van der Waals surface area contributed by atoms with Crippen LogP contribution in [0.2, 0.25) is 0 Å². The SMILES string of the molecule is CCCCC1CCN(CCCC)C1. The molecule has 0 spiro atoms. The van der Waals surface area contributed by atoms with Gasteiger partial charge in [-0.3, -0.25) is 0 Å². The minimum atomic E-state index is 1.02. The highest BCUT2D eigenvalue weighted by atomic mass is 15.1. The van der Waals surface area contributed by atoms with Gasteiger partial charge in [0, 0.05) is 6.54 Å². The van der Waals surface area contributed by atoms with Crippen LogP contribution in [0, 0.1) is 5.92 Å². The molecule has 0 aromatic heterocycles. The Labute approximate surface area is 83.5 Å². The molecule has 1 fully saturated rings. The lowest BCUT2D eigenvalue weighted by Gasteiger charge is -2.14. The van der Waals surface area contributed by atoms with Gasteiger partial charge in [0.2, 0.25) is 0 Å². The molecule has 13 heavy (non-hydrogen) atoms. The van der Waals surface area contributed by atoms with Crippen LogP contribution in [0.25, 0.3) is 0 Å². The Morgan fingerprint density at radius 1 is 1.15 bits per heavy atom. The third-order valence-corrected chi connectivity index (χ3v) is 3.16. The van der Waals surface area contributed by atoms with E-state index in [9.17, 15) is 0 Å². The normalized spacial score (nSPS) is 24.0. The molecule has 1 nitrogen and oxygen atoms in total.